The minimum absolute atomic E-state index is 0.00583. The summed E-state index contributed by atoms with van der Waals surface area (Å²) in [7, 11) is 0. The third-order valence-corrected chi connectivity index (χ3v) is 5.60. The van der Waals surface area contributed by atoms with Gasteiger partial charge in [-0.3, -0.25) is 4.98 Å². The van der Waals surface area contributed by atoms with Gasteiger partial charge in [-0.05, 0) is 41.5 Å². The predicted octanol–water partition coefficient (Wildman–Crippen LogP) is 4.26. The van der Waals surface area contributed by atoms with E-state index in [2.05, 4.69) is 25.3 Å². The normalized spacial score (nSPS) is 12.7. The molecule has 178 valence electrons. The summed E-state index contributed by atoms with van der Waals surface area (Å²) in [6, 6.07) is 15.6. The molecule has 0 bridgehead atoms. The van der Waals surface area contributed by atoms with Crippen molar-refractivity contribution in [3.8, 4) is 11.3 Å². The zero-order valence-electron chi connectivity index (χ0n) is 18.3. The van der Waals surface area contributed by atoms with Gasteiger partial charge in [-0.25, -0.2) is 9.67 Å². The maximum Gasteiger partial charge on any atom is 0.417 e. The second-order valence-corrected chi connectivity index (χ2v) is 7.96. The minimum atomic E-state index is -4.52. The zero-order chi connectivity index (χ0) is 24.4. The highest BCUT2D eigenvalue weighted by atomic mass is 19.4. The van der Waals surface area contributed by atoms with Crippen LogP contribution in [0.3, 0.4) is 0 Å². The number of alkyl halides is 3. The van der Waals surface area contributed by atoms with Gasteiger partial charge in [-0.15, -0.1) is 5.10 Å². The number of aromatic nitrogens is 6. The van der Waals surface area contributed by atoms with Crippen LogP contribution in [-0.2, 0) is 19.3 Å². The number of hydrogen-bond donors (Lipinski definition) is 2. The van der Waals surface area contributed by atoms with Crippen LogP contribution in [0.4, 0.5) is 18.9 Å². The highest BCUT2D eigenvalue weighted by molar-refractivity contribution is 5.73. The number of aliphatic hydroxyl groups excluding tert-OH is 1. The first kappa shape index (κ1) is 22.5. The van der Waals surface area contributed by atoms with Gasteiger partial charge < -0.3 is 15.0 Å². The Kier molecular flexibility index (Phi) is 5.91. The summed E-state index contributed by atoms with van der Waals surface area (Å²) in [5.41, 5.74) is 3.19. The zero-order valence-corrected chi connectivity index (χ0v) is 18.3. The Morgan fingerprint density at radius 1 is 1.00 bits per heavy atom. The van der Waals surface area contributed by atoms with E-state index in [1.807, 2.05) is 36.4 Å². The molecule has 5 rings (SSSR count). The Bertz CT molecular complexity index is 1420. The Morgan fingerprint density at radius 2 is 1.80 bits per heavy atom. The second-order valence-electron chi connectivity index (χ2n) is 7.96. The van der Waals surface area contributed by atoms with E-state index in [0.717, 1.165) is 29.0 Å². The third kappa shape index (κ3) is 4.85. The Hall–Kier alpha value is -4.25. The van der Waals surface area contributed by atoms with E-state index in [1.54, 1.807) is 34.2 Å². The molecule has 1 atom stereocenters. The highest BCUT2D eigenvalue weighted by Gasteiger charge is 2.31. The summed E-state index contributed by atoms with van der Waals surface area (Å²) in [5.74, 6) is 0. The third-order valence-electron chi connectivity index (χ3n) is 5.60. The Balaban J connectivity index is 1.47. The Labute approximate surface area is 197 Å². The summed E-state index contributed by atoms with van der Waals surface area (Å²) >= 11 is 0. The van der Waals surface area contributed by atoms with Crippen LogP contribution >= 0.6 is 0 Å². The van der Waals surface area contributed by atoms with Crippen molar-refractivity contribution in [2.75, 3.05) is 4.90 Å². The summed E-state index contributed by atoms with van der Waals surface area (Å²) in [4.78, 5) is 12.4. The van der Waals surface area contributed by atoms with Crippen LogP contribution in [0.2, 0.25) is 0 Å². The van der Waals surface area contributed by atoms with Gasteiger partial charge in [0.15, 0.2) is 0 Å². The molecule has 35 heavy (non-hydrogen) atoms. The molecular weight excluding hydrogens is 459 g/mol. The van der Waals surface area contributed by atoms with Gasteiger partial charge in [0.1, 0.15) is 11.7 Å². The number of pyridine rings is 1. The van der Waals surface area contributed by atoms with Crippen molar-refractivity contribution < 1.29 is 18.3 Å². The monoisotopic (exact) mass is 479 g/mol. The molecule has 11 heteroatoms. The van der Waals surface area contributed by atoms with E-state index >= 15 is 0 Å². The lowest BCUT2D eigenvalue weighted by molar-refractivity contribution is -0.137. The van der Waals surface area contributed by atoms with Crippen molar-refractivity contribution in [2.24, 2.45) is 0 Å². The molecule has 0 aliphatic carbocycles. The molecule has 3 aromatic heterocycles. The van der Waals surface area contributed by atoms with Crippen LogP contribution in [0.5, 0.6) is 0 Å². The number of H-pyrrole nitrogens is 1. The van der Waals surface area contributed by atoms with E-state index in [-0.39, 0.29) is 13.1 Å². The second kappa shape index (κ2) is 9.18. The fourth-order valence-corrected chi connectivity index (χ4v) is 3.85. The van der Waals surface area contributed by atoms with Crippen molar-refractivity contribution in [1.82, 2.24) is 29.9 Å². The van der Waals surface area contributed by atoms with E-state index in [9.17, 15) is 18.3 Å². The van der Waals surface area contributed by atoms with Crippen LogP contribution in [-0.4, -0.2) is 41.3 Å². The maximum atomic E-state index is 13.2. The van der Waals surface area contributed by atoms with Gasteiger partial charge in [-0.1, -0.05) is 29.5 Å². The molecule has 0 aliphatic heterocycles. The predicted molar refractivity (Wildman–Crippen MR) is 123 cm³/mol. The molecule has 0 aliphatic rings. The number of nitrogens with one attached hydrogen (secondary N) is 1. The molecule has 0 spiro atoms. The van der Waals surface area contributed by atoms with E-state index in [1.165, 1.54) is 6.20 Å². The standard InChI is InChI=1S/C24H20F3N7O/c25-24(26,27)18-9-16(10-28-11-18)13-33(19-7-5-17(6-8-19)21-12-29-15-30-21)23(35)14-34-22-4-2-1-3-20(22)31-32-34/h1-12,15,23,35H,13-14H2,(H,29,30). The number of anilines is 1. The molecule has 0 radical (unpaired) electrons. The molecule has 2 aromatic carbocycles. The molecule has 2 N–H and O–H groups in total. The number of nitrogens with zero attached hydrogens (tertiary/aromatic N) is 6. The van der Waals surface area contributed by atoms with Crippen molar-refractivity contribution in [3.05, 3.63) is 90.6 Å². The van der Waals surface area contributed by atoms with Crippen LogP contribution < -0.4 is 4.90 Å². The molecule has 0 saturated carbocycles. The lowest BCUT2D eigenvalue weighted by Crippen LogP contribution is -2.38. The first-order chi connectivity index (χ1) is 16.9. The smallest absolute Gasteiger partial charge is 0.372 e. The number of para-hydroxylation sites is 1. The number of halogens is 3. The number of rotatable bonds is 7. The summed E-state index contributed by atoms with van der Waals surface area (Å²) in [6.07, 6.45) is -0.233. The number of imidazole rings is 1. The lowest BCUT2D eigenvalue weighted by Gasteiger charge is -2.30. The van der Waals surface area contributed by atoms with Crippen molar-refractivity contribution in [1.29, 1.82) is 0 Å². The lowest BCUT2D eigenvalue weighted by atomic mass is 10.1. The first-order valence-electron chi connectivity index (χ1n) is 10.7. The summed E-state index contributed by atoms with van der Waals surface area (Å²) in [6.45, 7) is 0.0450. The largest absolute Gasteiger partial charge is 0.417 e. The molecular formula is C24H20F3N7O. The minimum Gasteiger partial charge on any atom is -0.372 e. The highest BCUT2D eigenvalue weighted by Crippen LogP contribution is 2.30. The fourth-order valence-electron chi connectivity index (χ4n) is 3.85. The SMILES string of the molecule is OC(Cn1nnc2ccccc21)N(Cc1cncc(C(F)(F)F)c1)c1ccc(-c2cnc[nH]2)cc1. The molecule has 0 fully saturated rings. The average molecular weight is 479 g/mol. The fraction of sp³-hybridized carbons (Fsp3) is 0.167. The number of fused-ring (bicyclic) bond motifs is 1. The number of aromatic amines is 1. The van der Waals surface area contributed by atoms with Crippen molar-refractivity contribution in [3.63, 3.8) is 0 Å². The van der Waals surface area contributed by atoms with Crippen LogP contribution in [0.25, 0.3) is 22.3 Å². The molecule has 0 amide bonds. The van der Waals surface area contributed by atoms with Gasteiger partial charge in [-0.2, -0.15) is 13.2 Å². The molecule has 1 unspecified atom stereocenters. The summed E-state index contributed by atoms with van der Waals surface area (Å²) in [5, 5.41) is 19.4. The number of benzene rings is 2. The average Bonchev–Trinajstić information content (AvgIpc) is 3.53. The van der Waals surface area contributed by atoms with Crippen LogP contribution in [0.15, 0.2) is 79.5 Å². The van der Waals surface area contributed by atoms with E-state index in [4.69, 9.17) is 0 Å². The van der Waals surface area contributed by atoms with Crippen LogP contribution in [0.1, 0.15) is 11.1 Å². The molecule has 5 aromatic rings. The van der Waals surface area contributed by atoms with Crippen molar-refractivity contribution in [2.45, 2.75) is 25.5 Å². The van der Waals surface area contributed by atoms with Gasteiger partial charge in [0.2, 0.25) is 0 Å². The molecule has 3 heterocycles. The van der Waals surface area contributed by atoms with E-state index in [0.29, 0.717) is 16.8 Å². The van der Waals surface area contributed by atoms with Crippen LogP contribution in [0, 0.1) is 0 Å². The molecule has 8 nitrogen and oxygen atoms in total. The molecule has 0 saturated heterocycles. The number of hydrogen-bond acceptors (Lipinski definition) is 6. The Morgan fingerprint density at radius 3 is 2.54 bits per heavy atom. The van der Waals surface area contributed by atoms with Gasteiger partial charge in [0.05, 0.1) is 35.8 Å². The quantitative estimate of drug-likeness (QED) is 0.339. The first-order valence-corrected chi connectivity index (χ1v) is 10.7. The van der Waals surface area contributed by atoms with Gasteiger partial charge in [0.25, 0.3) is 0 Å². The number of aliphatic hydroxyl groups is 1. The maximum absolute atomic E-state index is 13.2. The topological polar surface area (TPSA) is 95.8 Å². The van der Waals surface area contributed by atoms with Crippen molar-refractivity contribution >= 4 is 16.7 Å². The van der Waals surface area contributed by atoms with Gasteiger partial charge >= 0.3 is 6.18 Å². The van der Waals surface area contributed by atoms with Gasteiger partial charge in [0, 0.05) is 24.6 Å². The summed E-state index contributed by atoms with van der Waals surface area (Å²) < 4.78 is 41.3. The van der Waals surface area contributed by atoms with E-state index < -0.39 is 18.0 Å².